The van der Waals surface area contributed by atoms with Gasteiger partial charge in [0.25, 0.3) is 0 Å². The van der Waals surface area contributed by atoms with Gasteiger partial charge < -0.3 is 9.88 Å². The van der Waals surface area contributed by atoms with Gasteiger partial charge in [0.15, 0.2) is 0 Å². The second-order valence-electron chi connectivity index (χ2n) is 14.4. The van der Waals surface area contributed by atoms with Crippen molar-refractivity contribution in [1.29, 1.82) is 0 Å². The average molecular weight is 689 g/mol. The highest BCUT2D eigenvalue weighted by Crippen LogP contribution is 2.43. The standard InChI is InChI=1S/C50H32N4/c1-2-14-34-29-35(22-21-31(34)11-1)49-50(52-42-19-9-8-18-41(42)51-49)54-43-20-10-7-17-39(43)40-30-36(25-28-44(40)54)53-45-26-23-32-12-3-5-15-37(32)47(45)48-38-16-6-4-13-33(38)24-27-46(48)53/h1-30,49,51H. The van der Waals surface area contributed by atoms with E-state index in [4.69, 9.17) is 4.99 Å². The lowest BCUT2D eigenvalue weighted by Crippen LogP contribution is -2.29. The lowest BCUT2D eigenvalue weighted by Gasteiger charge is -2.29. The van der Waals surface area contributed by atoms with E-state index in [0.29, 0.717) is 0 Å². The monoisotopic (exact) mass is 688 g/mol. The third-order valence-electron chi connectivity index (χ3n) is 11.5. The number of aromatic nitrogens is 2. The second-order valence-corrected chi connectivity index (χ2v) is 14.4. The highest BCUT2D eigenvalue weighted by atomic mass is 15.2. The van der Waals surface area contributed by atoms with E-state index in [1.165, 1.54) is 70.5 Å². The van der Waals surface area contributed by atoms with E-state index in [1.807, 2.05) is 0 Å². The van der Waals surface area contributed by atoms with Crippen LogP contribution in [0.15, 0.2) is 187 Å². The van der Waals surface area contributed by atoms with Crippen LogP contribution in [-0.2, 0) is 0 Å². The van der Waals surface area contributed by atoms with E-state index < -0.39 is 0 Å². The summed E-state index contributed by atoms with van der Waals surface area (Å²) >= 11 is 0. The SMILES string of the molecule is c1ccc2c(c1)N=C(n1c3ccccc3c3cc(-n4c5ccc6ccccc6c5c5c6ccccc6ccc54)ccc31)C(c1ccc3ccccc3c1)N2. The first kappa shape index (κ1) is 29.4. The molecular formula is C50H32N4. The number of fused-ring (bicyclic) bond motifs is 12. The summed E-state index contributed by atoms with van der Waals surface area (Å²) in [5, 5.41) is 16.4. The van der Waals surface area contributed by atoms with Gasteiger partial charge in [-0.25, -0.2) is 4.99 Å². The fourth-order valence-electron chi connectivity index (χ4n) is 9.07. The molecule has 2 aromatic heterocycles. The van der Waals surface area contributed by atoms with Gasteiger partial charge in [-0.1, -0.05) is 127 Å². The third kappa shape index (κ3) is 4.16. The quantitative estimate of drug-likeness (QED) is 0.193. The number of nitrogens with zero attached hydrogens (tertiary/aromatic N) is 3. The Morgan fingerprint density at radius 3 is 1.74 bits per heavy atom. The topological polar surface area (TPSA) is 34.2 Å². The minimum atomic E-state index is -0.165. The molecule has 4 heteroatoms. The Labute approximate surface area is 310 Å². The van der Waals surface area contributed by atoms with Crippen LogP contribution < -0.4 is 5.32 Å². The molecular weight excluding hydrogens is 657 g/mol. The minimum Gasteiger partial charge on any atom is -0.370 e. The molecule has 9 aromatic carbocycles. The van der Waals surface area contributed by atoms with Crippen molar-refractivity contribution < 1.29 is 0 Å². The number of nitrogens with one attached hydrogen (secondary N) is 1. The molecule has 54 heavy (non-hydrogen) atoms. The molecule has 0 fully saturated rings. The van der Waals surface area contributed by atoms with Gasteiger partial charge in [-0.2, -0.15) is 0 Å². The Hall–Kier alpha value is -7.17. The van der Waals surface area contributed by atoms with Crippen LogP contribution in [0.3, 0.4) is 0 Å². The first-order valence-corrected chi connectivity index (χ1v) is 18.6. The normalized spacial score (nSPS) is 14.4. The number of hydrogen-bond acceptors (Lipinski definition) is 2. The molecule has 3 heterocycles. The number of para-hydroxylation sites is 3. The lowest BCUT2D eigenvalue weighted by atomic mass is 9.99. The van der Waals surface area contributed by atoms with Crippen LogP contribution in [0.1, 0.15) is 11.6 Å². The number of benzene rings is 9. The summed E-state index contributed by atoms with van der Waals surface area (Å²) in [5.41, 5.74) is 8.96. The van der Waals surface area contributed by atoms with Crippen LogP contribution in [0.4, 0.5) is 11.4 Å². The Kier molecular flexibility index (Phi) is 6.08. The molecule has 0 aliphatic carbocycles. The maximum absolute atomic E-state index is 5.45. The Bertz CT molecular complexity index is 3290. The molecule has 0 saturated carbocycles. The van der Waals surface area contributed by atoms with Gasteiger partial charge in [0.05, 0.1) is 33.4 Å². The summed E-state index contributed by atoms with van der Waals surface area (Å²) < 4.78 is 4.84. The number of hydrogen-bond donors (Lipinski definition) is 1. The molecule has 0 bridgehead atoms. The second kappa shape index (κ2) is 11.2. The summed E-state index contributed by atoms with van der Waals surface area (Å²) in [6, 6.07) is 65.9. The third-order valence-corrected chi connectivity index (χ3v) is 11.5. The van der Waals surface area contributed by atoms with Gasteiger partial charge in [0, 0.05) is 27.2 Å². The Morgan fingerprint density at radius 2 is 0.981 bits per heavy atom. The summed E-state index contributed by atoms with van der Waals surface area (Å²) in [4.78, 5) is 5.45. The van der Waals surface area contributed by atoms with E-state index in [0.717, 1.165) is 33.9 Å². The van der Waals surface area contributed by atoms with Crippen molar-refractivity contribution in [2.24, 2.45) is 4.99 Å². The first-order valence-electron chi connectivity index (χ1n) is 18.6. The van der Waals surface area contributed by atoms with Gasteiger partial charge in [0.1, 0.15) is 11.9 Å². The van der Waals surface area contributed by atoms with E-state index in [-0.39, 0.29) is 6.04 Å². The zero-order valence-corrected chi connectivity index (χ0v) is 29.2. The molecule has 1 N–H and O–H groups in total. The van der Waals surface area contributed by atoms with Crippen molar-refractivity contribution >= 4 is 93.1 Å². The minimum absolute atomic E-state index is 0.165. The fraction of sp³-hybridized carbons (Fsp3) is 0.0200. The van der Waals surface area contributed by atoms with Crippen LogP contribution >= 0.6 is 0 Å². The largest absolute Gasteiger partial charge is 0.370 e. The molecule has 0 saturated heterocycles. The van der Waals surface area contributed by atoms with Crippen molar-refractivity contribution in [3.8, 4) is 5.69 Å². The van der Waals surface area contributed by atoms with Crippen molar-refractivity contribution in [2.45, 2.75) is 6.04 Å². The van der Waals surface area contributed by atoms with E-state index >= 15 is 0 Å². The predicted molar refractivity (Wildman–Crippen MR) is 228 cm³/mol. The smallest absolute Gasteiger partial charge is 0.141 e. The maximum atomic E-state index is 5.45. The van der Waals surface area contributed by atoms with Crippen molar-refractivity contribution in [3.63, 3.8) is 0 Å². The van der Waals surface area contributed by atoms with Gasteiger partial charge in [-0.05, 0) is 92.5 Å². The van der Waals surface area contributed by atoms with Crippen molar-refractivity contribution in [3.05, 3.63) is 188 Å². The van der Waals surface area contributed by atoms with E-state index in [9.17, 15) is 0 Å². The molecule has 1 aliphatic rings. The van der Waals surface area contributed by atoms with Crippen LogP contribution in [0, 0.1) is 0 Å². The molecule has 4 nitrogen and oxygen atoms in total. The highest BCUT2D eigenvalue weighted by Gasteiger charge is 2.29. The van der Waals surface area contributed by atoms with E-state index in [2.05, 4.69) is 196 Å². The number of rotatable bonds is 2. The summed E-state index contributed by atoms with van der Waals surface area (Å²) in [5.74, 6) is 0.956. The van der Waals surface area contributed by atoms with Crippen LogP contribution in [-0.4, -0.2) is 15.0 Å². The highest BCUT2D eigenvalue weighted by molar-refractivity contribution is 6.28. The lowest BCUT2D eigenvalue weighted by molar-refractivity contribution is 0.964. The molecule has 11 aromatic rings. The molecule has 1 atom stereocenters. The summed E-state index contributed by atoms with van der Waals surface area (Å²) in [7, 11) is 0. The molecule has 252 valence electrons. The molecule has 0 amide bonds. The van der Waals surface area contributed by atoms with Gasteiger partial charge in [0.2, 0.25) is 0 Å². The molecule has 12 rings (SSSR count). The Balaban J connectivity index is 1.13. The molecule has 1 aliphatic heterocycles. The summed E-state index contributed by atoms with van der Waals surface area (Å²) in [6.07, 6.45) is 0. The van der Waals surface area contributed by atoms with Crippen LogP contribution in [0.2, 0.25) is 0 Å². The van der Waals surface area contributed by atoms with Gasteiger partial charge >= 0.3 is 0 Å². The first-order chi connectivity index (χ1) is 26.8. The molecule has 1 unspecified atom stereocenters. The number of anilines is 1. The van der Waals surface area contributed by atoms with Crippen molar-refractivity contribution in [2.75, 3.05) is 5.32 Å². The molecule has 0 spiro atoms. The van der Waals surface area contributed by atoms with Crippen LogP contribution in [0.5, 0.6) is 0 Å². The van der Waals surface area contributed by atoms with E-state index in [1.54, 1.807) is 0 Å². The predicted octanol–water partition coefficient (Wildman–Crippen LogP) is 13.1. The van der Waals surface area contributed by atoms with Gasteiger partial charge in [-0.3, -0.25) is 4.57 Å². The summed E-state index contributed by atoms with van der Waals surface area (Å²) in [6.45, 7) is 0. The molecule has 0 radical (unpaired) electrons. The van der Waals surface area contributed by atoms with Crippen LogP contribution in [0.25, 0.3) is 81.6 Å². The zero-order valence-electron chi connectivity index (χ0n) is 29.2. The fourth-order valence-corrected chi connectivity index (χ4v) is 9.07. The van der Waals surface area contributed by atoms with Gasteiger partial charge in [-0.15, -0.1) is 0 Å². The average Bonchev–Trinajstić information content (AvgIpc) is 3.76. The maximum Gasteiger partial charge on any atom is 0.141 e. The van der Waals surface area contributed by atoms with Crippen molar-refractivity contribution in [1.82, 2.24) is 9.13 Å². The zero-order chi connectivity index (χ0) is 35.3. The number of aliphatic imine (C=N–C) groups is 1. The Morgan fingerprint density at radius 1 is 0.407 bits per heavy atom.